The molecule has 140 valence electrons. The fraction of sp³-hybridized carbons (Fsp3) is 0.895. The zero-order valence-electron chi connectivity index (χ0n) is 15.4. The number of hydrogen-bond acceptors (Lipinski definition) is 4. The van der Waals surface area contributed by atoms with Crippen LogP contribution in [0.15, 0.2) is 0 Å². The van der Waals surface area contributed by atoms with Crippen LogP contribution in [0.4, 0.5) is 4.79 Å². The van der Waals surface area contributed by atoms with Gasteiger partial charge in [-0.15, -0.1) is 0 Å². The van der Waals surface area contributed by atoms with Gasteiger partial charge in [0.2, 0.25) is 5.91 Å². The third-order valence-corrected chi connectivity index (χ3v) is 7.17. The van der Waals surface area contributed by atoms with Gasteiger partial charge < -0.3 is 11.1 Å². The maximum absolute atomic E-state index is 12.4. The van der Waals surface area contributed by atoms with Crippen LogP contribution < -0.4 is 16.4 Å². The molecule has 0 aromatic heterocycles. The number of hydrogen-bond donors (Lipinski definition) is 3. The number of nitrogens with zero attached hydrogens (tertiary/aromatic N) is 1. The average molecular weight is 348 g/mol. The highest BCUT2D eigenvalue weighted by Crippen LogP contribution is 2.55. The molecule has 6 heteroatoms. The SMILES string of the molecule is CC1(CN)CCN(CC(=O)NC(=O)NC23CC4CC(CC(C4)C2)C3)C1. The number of nitrogens with two attached hydrogens (primary N) is 1. The minimum absolute atomic E-state index is 0.0507. The Balaban J connectivity index is 1.27. The van der Waals surface area contributed by atoms with Gasteiger partial charge >= 0.3 is 6.03 Å². The van der Waals surface area contributed by atoms with Crippen molar-refractivity contribution in [1.29, 1.82) is 0 Å². The fourth-order valence-electron chi connectivity index (χ4n) is 6.33. The van der Waals surface area contributed by atoms with Gasteiger partial charge in [0, 0.05) is 12.1 Å². The Morgan fingerprint density at radius 2 is 1.72 bits per heavy atom. The molecule has 0 radical (unpaired) electrons. The topological polar surface area (TPSA) is 87.5 Å². The summed E-state index contributed by atoms with van der Waals surface area (Å²) in [4.78, 5) is 26.8. The van der Waals surface area contributed by atoms with E-state index in [1.807, 2.05) is 0 Å². The third kappa shape index (κ3) is 3.56. The smallest absolute Gasteiger partial charge is 0.321 e. The lowest BCUT2D eigenvalue weighted by Crippen LogP contribution is -2.62. The standard InChI is InChI=1S/C19H32N4O2/c1-18(11-20)2-3-23(12-18)10-16(24)21-17(25)22-19-7-13-4-14(8-19)6-15(5-13)9-19/h13-15H,2-12,20H2,1H3,(H2,21,22,24,25). The molecule has 4 N–H and O–H groups in total. The van der Waals surface area contributed by atoms with Crippen molar-refractivity contribution in [2.75, 3.05) is 26.2 Å². The molecule has 6 nitrogen and oxygen atoms in total. The first-order valence-electron chi connectivity index (χ1n) is 9.91. The minimum Gasteiger partial charge on any atom is -0.332 e. The van der Waals surface area contributed by atoms with Crippen LogP contribution >= 0.6 is 0 Å². The molecule has 0 spiro atoms. The van der Waals surface area contributed by atoms with Gasteiger partial charge in [0.1, 0.15) is 0 Å². The van der Waals surface area contributed by atoms with Gasteiger partial charge in [-0.2, -0.15) is 0 Å². The summed E-state index contributed by atoms with van der Waals surface area (Å²) < 4.78 is 0. The van der Waals surface area contributed by atoms with Gasteiger partial charge in [0.15, 0.2) is 0 Å². The number of amides is 3. The molecule has 1 atom stereocenters. The monoisotopic (exact) mass is 348 g/mol. The highest BCUT2D eigenvalue weighted by Gasteiger charge is 2.51. The van der Waals surface area contributed by atoms with E-state index < -0.39 is 0 Å². The van der Waals surface area contributed by atoms with Gasteiger partial charge in [-0.25, -0.2) is 4.79 Å². The molecule has 1 heterocycles. The molecule has 0 aromatic rings. The maximum Gasteiger partial charge on any atom is 0.321 e. The number of rotatable bonds is 4. The van der Waals surface area contributed by atoms with E-state index >= 15 is 0 Å². The molecule has 3 amide bonds. The highest BCUT2D eigenvalue weighted by atomic mass is 16.2. The van der Waals surface area contributed by atoms with E-state index in [9.17, 15) is 9.59 Å². The van der Waals surface area contributed by atoms with Crippen molar-refractivity contribution in [3.8, 4) is 0 Å². The first-order chi connectivity index (χ1) is 11.9. The molecule has 1 unspecified atom stereocenters. The average Bonchev–Trinajstić information content (AvgIpc) is 2.86. The van der Waals surface area contributed by atoms with Crippen molar-refractivity contribution in [2.45, 2.75) is 57.4 Å². The predicted octanol–water partition coefficient (Wildman–Crippen LogP) is 1.45. The van der Waals surface area contributed by atoms with Gasteiger partial charge in [0.25, 0.3) is 0 Å². The normalized spacial score (nSPS) is 42.6. The lowest BCUT2D eigenvalue weighted by Gasteiger charge is -2.56. The van der Waals surface area contributed by atoms with Crippen LogP contribution in [0.2, 0.25) is 0 Å². The predicted molar refractivity (Wildman–Crippen MR) is 95.8 cm³/mol. The van der Waals surface area contributed by atoms with E-state index in [2.05, 4.69) is 22.5 Å². The Labute approximate surface area is 150 Å². The molecule has 25 heavy (non-hydrogen) atoms. The first kappa shape index (κ1) is 17.3. The zero-order valence-corrected chi connectivity index (χ0v) is 15.4. The molecule has 0 aromatic carbocycles. The summed E-state index contributed by atoms with van der Waals surface area (Å²) in [5, 5.41) is 5.76. The number of nitrogens with one attached hydrogen (secondary N) is 2. The molecular weight excluding hydrogens is 316 g/mol. The Morgan fingerprint density at radius 3 is 2.24 bits per heavy atom. The Bertz CT molecular complexity index is 528. The van der Waals surface area contributed by atoms with E-state index in [0.717, 1.165) is 56.5 Å². The van der Waals surface area contributed by atoms with Crippen molar-refractivity contribution in [3.63, 3.8) is 0 Å². The summed E-state index contributed by atoms with van der Waals surface area (Å²) in [6, 6.07) is -0.298. The minimum atomic E-state index is -0.298. The van der Waals surface area contributed by atoms with Crippen LogP contribution in [0.25, 0.3) is 0 Å². The summed E-state index contributed by atoms with van der Waals surface area (Å²) in [5.41, 5.74) is 5.86. The molecule has 1 saturated heterocycles. The maximum atomic E-state index is 12.4. The highest BCUT2D eigenvalue weighted by molar-refractivity contribution is 5.95. The van der Waals surface area contributed by atoms with Crippen molar-refractivity contribution in [2.24, 2.45) is 28.9 Å². The van der Waals surface area contributed by atoms with Gasteiger partial charge in [-0.1, -0.05) is 6.92 Å². The number of imide groups is 1. The second-order valence-corrected chi connectivity index (χ2v) is 9.68. The lowest BCUT2D eigenvalue weighted by molar-refractivity contribution is -0.121. The van der Waals surface area contributed by atoms with Gasteiger partial charge in [0.05, 0.1) is 6.54 Å². The molecule has 5 aliphatic rings. The molecule has 4 aliphatic carbocycles. The summed E-state index contributed by atoms with van der Waals surface area (Å²) >= 11 is 0. The Hall–Kier alpha value is -1.14. The lowest BCUT2D eigenvalue weighted by atomic mass is 9.53. The van der Waals surface area contributed by atoms with E-state index in [4.69, 9.17) is 5.73 Å². The van der Waals surface area contributed by atoms with Crippen molar-refractivity contribution in [1.82, 2.24) is 15.5 Å². The van der Waals surface area contributed by atoms with Crippen LogP contribution in [0.5, 0.6) is 0 Å². The summed E-state index contributed by atoms with van der Waals surface area (Å²) in [5.74, 6) is 2.13. The molecule has 4 bridgehead atoms. The van der Waals surface area contributed by atoms with E-state index in [1.165, 1.54) is 19.3 Å². The number of carbonyl (C=O) groups excluding carboxylic acids is 2. The Kier molecular flexibility index (Phi) is 4.31. The molecular formula is C19H32N4O2. The molecule has 4 saturated carbocycles. The van der Waals surface area contributed by atoms with Crippen LogP contribution in [-0.2, 0) is 4.79 Å². The van der Waals surface area contributed by atoms with E-state index in [1.54, 1.807) is 0 Å². The second kappa shape index (κ2) is 6.23. The zero-order chi connectivity index (χ0) is 17.7. The van der Waals surface area contributed by atoms with Gasteiger partial charge in [-0.05, 0) is 81.2 Å². The summed E-state index contributed by atoms with van der Waals surface area (Å²) in [7, 11) is 0. The quantitative estimate of drug-likeness (QED) is 0.718. The summed E-state index contributed by atoms with van der Waals surface area (Å²) in [6.07, 6.45) is 8.34. The Morgan fingerprint density at radius 1 is 1.12 bits per heavy atom. The van der Waals surface area contributed by atoms with Crippen molar-refractivity contribution < 1.29 is 9.59 Å². The third-order valence-electron chi connectivity index (χ3n) is 7.17. The fourth-order valence-corrected chi connectivity index (χ4v) is 6.33. The summed E-state index contributed by atoms with van der Waals surface area (Å²) in [6.45, 7) is 4.78. The van der Waals surface area contributed by atoms with Crippen LogP contribution in [0.3, 0.4) is 0 Å². The van der Waals surface area contributed by atoms with Gasteiger partial charge in [-0.3, -0.25) is 15.0 Å². The van der Waals surface area contributed by atoms with Crippen molar-refractivity contribution >= 4 is 11.9 Å². The molecule has 5 fully saturated rings. The van der Waals surface area contributed by atoms with E-state index in [-0.39, 0.29) is 29.4 Å². The second-order valence-electron chi connectivity index (χ2n) is 9.68. The first-order valence-corrected chi connectivity index (χ1v) is 9.91. The number of urea groups is 1. The molecule has 1 aliphatic heterocycles. The van der Waals surface area contributed by atoms with Crippen LogP contribution in [0.1, 0.15) is 51.9 Å². The molecule has 5 rings (SSSR count). The number of carbonyl (C=O) groups is 2. The number of likely N-dealkylation sites (tertiary alicyclic amines) is 1. The van der Waals surface area contributed by atoms with Crippen LogP contribution in [-0.4, -0.2) is 48.6 Å². The van der Waals surface area contributed by atoms with Crippen molar-refractivity contribution in [3.05, 3.63) is 0 Å². The largest absolute Gasteiger partial charge is 0.332 e. The van der Waals surface area contributed by atoms with Crippen LogP contribution in [0, 0.1) is 23.2 Å². The van der Waals surface area contributed by atoms with E-state index in [0.29, 0.717) is 6.54 Å².